The van der Waals surface area contributed by atoms with Gasteiger partial charge in [-0.2, -0.15) is 0 Å². The molecule has 0 atom stereocenters. The number of carbonyl (C=O) groups excluding carboxylic acids is 2. The van der Waals surface area contributed by atoms with E-state index < -0.39 is 5.60 Å². The molecule has 1 N–H and O–H groups in total. The van der Waals surface area contributed by atoms with E-state index in [9.17, 15) is 14.7 Å². The smallest absolute Gasteiger partial charge is 0.227 e. The maximum Gasteiger partial charge on any atom is 0.227 e. The van der Waals surface area contributed by atoms with Crippen molar-refractivity contribution in [3.05, 3.63) is 28.8 Å². The number of phenols is 1. The summed E-state index contributed by atoms with van der Waals surface area (Å²) in [5, 5.41) is 11.0. The third-order valence-electron chi connectivity index (χ3n) is 7.10. The van der Waals surface area contributed by atoms with E-state index >= 15 is 0 Å². The number of nitrogens with zero attached hydrogens (tertiary/aromatic N) is 1. The standard InChI is InChI=1S/C26H35NO4/c1-3-4-10-19(16-22(30)27-13-8-9-14-27)24-20(28)15-18(2)23-21(29)17-26(31-25(23)24)11-6-5-7-12-26/h10,15,28H,3-9,11-14,16-17H2,1-2H3. The number of hydrogen-bond acceptors (Lipinski definition) is 4. The number of hydrogen-bond donors (Lipinski definition) is 1. The molecular weight excluding hydrogens is 390 g/mol. The van der Waals surface area contributed by atoms with Crippen LogP contribution in [-0.4, -0.2) is 40.4 Å². The van der Waals surface area contributed by atoms with Crippen LogP contribution < -0.4 is 4.74 Å². The number of aryl methyl sites for hydroxylation is 1. The zero-order valence-electron chi connectivity index (χ0n) is 19.0. The number of rotatable bonds is 5. The lowest BCUT2D eigenvalue weighted by Crippen LogP contribution is -2.44. The first kappa shape index (κ1) is 21.9. The minimum Gasteiger partial charge on any atom is -0.507 e. The van der Waals surface area contributed by atoms with Crippen molar-refractivity contribution in [2.24, 2.45) is 0 Å². The molecule has 5 nitrogen and oxygen atoms in total. The predicted molar refractivity (Wildman–Crippen MR) is 122 cm³/mol. The number of amides is 1. The highest BCUT2D eigenvalue weighted by Crippen LogP contribution is 2.49. The average molecular weight is 426 g/mol. The first-order chi connectivity index (χ1) is 14.9. The van der Waals surface area contributed by atoms with Gasteiger partial charge in [-0.25, -0.2) is 0 Å². The van der Waals surface area contributed by atoms with Gasteiger partial charge in [-0.3, -0.25) is 9.59 Å². The number of Topliss-reactive ketones (excluding diaryl/α,β-unsaturated/α-hetero) is 1. The predicted octanol–water partition coefficient (Wildman–Crippen LogP) is 5.56. The number of fused-ring (bicyclic) bond motifs is 1. The van der Waals surface area contributed by atoms with Gasteiger partial charge in [-0.1, -0.05) is 25.8 Å². The van der Waals surface area contributed by atoms with Crippen molar-refractivity contribution in [3.63, 3.8) is 0 Å². The van der Waals surface area contributed by atoms with Gasteiger partial charge in [0, 0.05) is 13.1 Å². The molecule has 3 aliphatic rings. The molecule has 0 unspecified atom stereocenters. The van der Waals surface area contributed by atoms with Crippen molar-refractivity contribution in [1.29, 1.82) is 0 Å². The Labute approximate surface area is 185 Å². The molecule has 4 rings (SSSR count). The Balaban J connectivity index is 1.77. The molecule has 2 heterocycles. The largest absolute Gasteiger partial charge is 0.507 e. The van der Waals surface area contributed by atoms with Crippen LogP contribution in [0.1, 0.15) is 99.0 Å². The highest BCUT2D eigenvalue weighted by molar-refractivity contribution is 6.04. The van der Waals surface area contributed by atoms with Crippen molar-refractivity contribution in [2.45, 2.75) is 90.1 Å². The van der Waals surface area contributed by atoms with Crippen LogP contribution in [0.25, 0.3) is 5.57 Å². The van der Waals surface area contributed by atoms with Crippen molar-refractivity contribution in [1.82, 2.24) is 4.90 Å². The summed E-state index contributed by atoms with van der Waals surface area (Å²) >= 11 is 0. The molecule has 1 aliphatic carbocycles. The van der Waals surface area contributed by atoms with Gasteiger partial charge in [0.2, 0.25) is 5.91 Å². The SMILES string of the molecule is CCCC=C(CC(=O)N1CCCC1)c1c(O)cc(C)c2c1OC1(CCCCC1)CC2=O. The quantitative estimate of drug-likeness (QED) is 0.670. The molecule has 2 aliphatic heterocycles. The van der Waals surface area contributed by atoms with E-state index in [1.54, 1.807) is 6.07 Å². The number of benzene rings is 1. The lowest BCUT2D eigenvalue weighted by atomic mass is 9.77. The summed E-state index contributed by atoms with van der Waals surface area (Å²) in [6, 6.07) is 1.66. The van der Waals surface area contributed by atoms with Crippen LogP contribution in [0.4, 0.5) is 0 Å². The maximum absolute atomic E-state index is 13.3. The lowest BCUT2D eigenvalue weighted by Gasteiger charge is -2.42. The third-order valence-corrected chi connectivity index (χ3v) is 7.10. The topological polar surface area (TPSA) is 66.8 Å². The molecular formula is C26H35NO4. The number of allylic oxidation sites excluding steroid dienone is 1. The number of ether oxygens (including phenoxy) is 1. The summed E-state index contributed by atoms with van der Waals surface area (Å²) in [7, 11) is 0. The van der Waals surface area contributed by atoms with E-state index in [2.05, 4.69) is 13.0 Å². The number of phenolic OH excluding ortho intramolecular Hbond substituents is 1. The fraction of sp³-hybridized carbons (Fsp3) is 0.615. The molecule has 1 saturated heterocycles. The van der Waals surface area contributed by atoms with E-state index in [1.807, 2.05) is 11.8 Å². The van der Waals surface area contributed by atoms with Crippen LogP contribution in [0.5, 0.6) is 11.5 Å². The first-order valence-electron chi connectivity index (χ1n) is 12.0. The second-order valence-corrected chi connectivity index (χ2v) is 9.52. The van der Waals surface area contributed by atoms with Crippen LogP contribution in [0.3, 0.4) is 0 Å². The molecule has 1 aromatic carbocycles. The number of aromatic hydroxyl groups is 1. The minimum absolute atomic E-state index is 0.0862. The van der Waals surface area contributed by atoms with Gasteiger partial charge in [0.15, 0.2) is 5.78 Å². The first-order valence-corrected chi connectivity index (χ1v) is 12.0. The maximum atomic E-state index is 13.3. The molecule has 5 heteroatoms. The monoisotopic (exact) mass is 425 g/mol. The van der Waals surface area contributed by atoms with Crippen molar-refractivity contribution >= 4 is 17.3 Å². The molecule has 0 aromatic heterocycles. The Morgan fingerprint density at radius 3 is 2.58 bits per heavy atom. The Morgan fingerprint density at radius 1 is 1.19 bits per heavy atom. The number of likely N-dealkylation sites (tertiary alicyclic amines) is 1. The second kappa shape index (κ2) is 9.05. The Hall–Kier alpha value is -2.30. The van der Waals surface area contributed by atoms with Gasteiger partial charge in [0.05, 0.1) is 24.0 Å². The van der Waals surface area contributed by atoms with Crippen LogP contribution in [-0.2, 0) is 4.79 Å². The Morgan fingerprint density at radius 2 is 1.90 bits per heavy atom. The molecule has 1 amide bonds. The molecule has 1 aromatic rings. The van der Waals surface area contributed by atoms with Crippen molar-refractivity contribution in [3.8, 4) is 11.5 Å². The van der Waals surface area contributed by atoms with Crippen LogP contribution in [0.2, 0.25) is 0 Å². The molecule has 1 spiro atoms. The number of unbranched alkanes of at least 4 members (excludes halogenated alkanes) is 1. The van der Waals surface area contributed by atoms with Crippen molar-refractivity contribution in [2.75, 3.05) is 13.1 Å². The van der Waals surface area contributed by atoms with Gasteiger partial charge in [0.25, 0.3) is 0 Å². The van der Waals surface area contributed by atoms with E-state index in [0.717, 1.165) is 75.6 Å². The van der Waals surface area contributed by atoms with Crippen LogP contribution >= 0.6 is 0 Å². The fourth-order valence-electron chi connectivity index (χ4n) is 5.46. The molecule has 168 valence electrons. The number of carbonyl (C=O) groups is 2. The number of ketones is 1. The van der Waals surface area contributed by atoms with E-state index in [4.69, 9.17) is 4.74 Å². The average Bonchev–Trinajstić information content (AvgIpc) is 3.26. The Bertz CT molecular complexity index is 889. The van der Waals surface area contributed by atoms with Crippen LogP contribution in [0, 0.1) is 6.92 Å². The minimum atomic E-state index is -0.466. The Kier molecular flexibility index (Phi) is 6.40. The fourth-order valence-corrected chi connectivity index (χ4v) is 5.46. The highest BCUT2D eigenvalue weighted by Gasteiger charge is 2.43. The summed E-state index contributed by atoms with van der Waals surface area (Å²) in [6.07, 6.45) is 11.6. The van der Waals surface area contributed by atoms with Gasteiger partial charge in [-0.15, -0.1) is 0 Å². The van der Waals surface area contributed by atoms with Gasteiger partial charge < -0.3 is 14.7 Å². The summed E-state index contributed by atoms with van der Waals surface area (Å²) in [5.41, 5.74) is 2.20. The zero-order valence-corrected chi connectivity index (χ0v) is 19.0. The van der Waals surface area contributed by atoms with Gasteiger partial charge in [0.1, 0.15) is 17.1 Å². The van der Waals surface area contributed by atoms with Gasteiger partial charge in [-0.05, 0) is 69.1 Å². The van der Waals surface area contributed by atoms with E-state index in [0.29, 0.717) is 23.3 Å². The molecule has 1 saturated carbocycles. The van der Waals surface area contributed by atoms with Crippen molar-refractivity contribution < 1.29 is 19.4 Å². The van der Waals surface area contributed by atoms with E-state index in [-0.39, 0.29) is 23.9 Å². The molecule has 2 fully saturated rings. The molecule has 0 radical (unpaired) electrons. The normalized spacial score (nSPS) is 20.6. The van der Waals surface area contributed by atoms with E-state index in [1.165, 1.54) is 6.42 Å². The second-order valence-electron chi connectivity index (χ2n) is 9.52. The summed E-state index contributed by atoms with van der Waals surface area (Å²) in [5.74, 6) is 0.798. The molecule has 0 bridgehead atoms. The molecule has 31 heavy (non-hydrogen) atoms. The zero-order chi connectivity index (χ0) is 22.0. The lowest BCUT2D eigenvalue weighted by molar-refractivity contribution is -0.128. The summed E-state index contributed by atoms with van der Waals surface area (Å²) in [6.45, 7) is 5.55. The summed E-state index contributed by atoms with van der Waals surface area (Å²) < 4.78 is 6.65. The third kappa shape index (κ3) is 4.37. The summed E-state index contributed by atoms with van der Waals surface area (Å²) in [4.78, 5) is 28.2. The highest BCUT2D eigenvalue weighted by atomic mass is 16.5. The van der Waals surface area contributed by atoms with Crippen LogP contribution in [0.15, 0.2) is 12.1 Å². The van der Waals surface area contributed by atoms with Gasteiger partial charge >= 0.3 is 0 Å².